The van der Waals surface area contributed by atoms with Crippen molar-refractivity contribution in [1.82, 2.24) is 4.90 Å². The lowest BCUT2D eigenvalue weighted by atomic mass is 9.91. The Morgan fingerprint density at radius 2 is 1.79 bits per heavy atom. The van der Waals surface area contributed by atoms with Gasteiger partial charge >= 0.3 is 6.03 Å². The third-order valence-corrected chi connectivity index (χ3v) is 5.12. The zero-order valence-corrected chi connectivity index (χ0v) is 15.1. The van der Waals surface area contributed by atoms with Gasteiger partial charge in [-0.3, -0.25) is 4.90 Å². The average molecular weight is 343 g/mol. The number of halogens is 1. The van der Waals surface area contributed by atoms with Crippen molar-refractivity contribution in [3.63, 3.8) is 0 Å². The van der Waals surface area contributed by atoms with Crippen LogP contribution >= 0.6 is 11.6 Å². The summed E-state index contributed by atoms with van der Waals surface area (Å²) in [6, 6.07) is 17.9. The van der Waals surface area contributed by atoms with E-state index in [0.717, 1.165) is 24.2 Å². The third kappa shape index (κ3) is 3.01. The summed E-state index contributed by atoms with van der Waals surface area (Å²) in [4.78, 5) is 17.1. The van der Waals surface area contributed by atoms with E-state index in [1.54, 1.807) is 0 Å². The quantitative estimate of drug-likeness (QED) is 0.742. The highest BCUT2D eigenvalue weighted by molar-refractivity contribution is 6.30. The first-order valence-corrected chi connectivity index (χ1v) is 8.71. The predicted molar refractivity (Wildman–Crippen MR) is 99.6 cm³/mol. The van der Waals surface area contributed by atoms with E-state index in [2.05, 4.69) is 20.8 Å². The molecule has 1 atom stereocenters. The molecule has 1 unspecified atom stereocenters. The van der Waals surface area contributed by atoms with Crippen molar-refractivity contribution in [1.29, 1.82) is 0 Å². The van der Waals surface area contributed by atoms with Crippen LogP contribution in [0.3, 0.4) is 0 Å². The summed E-state index contributed by atoms with van der Waals surface area (Å²) in [7, 11) is 0. The first-order chi connectivity index (χ1) is 11.4. The molecule has 1 fully saturated rings. The molecule has 2 aromatic rings. The SMILES string of the molecule is CC1CCN(C(C)(C)c2cccc(Cl)c2)C(=O)N1c1ccccc1. The number of anilines is 1. The van der Waals surface area contributed by atoms with Crippen LogP contribution in [0, 0.1) is 0 Å². The summed E-state index contributed by atoms with van der Waals surface area (Å²) >= 11 is 6.16. The van der Waals surface area contributed by atoms with Crippen molar-refractivity contribution in [3.05, 3.63) is 65.2 Å². The molecular weight excluding hydrogens is 320 g/mol. The van der Waals surface area contributed by atoms with Crippen LogP contribution in [0.15, 0.2) is 54.6 Å². The minimum absolute atomic E-state index is 0.0462. The molecule has 0 radical (unpaired) electrons. The van der Waals surface area contributed by atoms with Gasteiger partial charge in [-0.2, -0.15) is 0 Å². The van der Waals surface area contributed by atoms with Gasteiger partial charge in [-0.05, 0) is 57.0 Å². The van der Waals surface area contributed by atoms with Crippen LogP contribution in [0.4, 0.5) is 10.5 Å². The number of hydrogen-bond acceptors (Lipinski definition) is 1. The third-order valence-electron chi connectivity index (χ3n) is 4.89. The standard InChI is InChI=1S/C20H23ClN2O/c1-15-12-13-22(19(24)23(15)18-10-5-4-6-11-18)20(2,3)16-8-7-9-17(21)14-16/h4-11,14-15H,12-13H2,1-3H3. The lowest BCUT2D eigenvalue weighted by molar-refractivity contribution is 0.122. The maximum Gasteiger partial charge on any atom is 0.325 e. The van der Waals surface area contributed by atoms with Crippen molar-refractivity contribution in [2.45, 2.75) is 38.8 Å². The Labute approximate surface area is 148 Å². The fraction of sp³-hybridized carbons (Fsp3) is 0.350. The van der Waals surface area contributed by atoms with Crippen molar-refractivity contribution >= 4 is 23.3 Å². The molecule has 0 bridgehead atoms. The molecule has 2 aromatic carbocycles. The summed E-state index contributed by atoms with van der Waals surface area (Å²) in [5.41, 5.74) is 1.57. The van der Waals surface area contributed by atoms with Crippen LogP contribution in [0.5, 0.6) is 0 Å². The van der Waals surface area contributed by atoms with Gasteiger partial charge in [0, 0.05) is 23.3 Å². The molecule has 1 heterocycles. The molecule has 3 rings (SSSR count). The van der Waals surface area contributed by atoms with Gasteiger partial charge in [0.25, 0.3) is 0 Å². The van der Waals surface area contributed by atoms with Gasteiger partial charge in [-0.1, -0.05) is 41.9 Å². The molecular formula is C20H23ClN2O. The number of carbonyl (C=O) groups excluding carboxylic acids is 1. The van der Waals surface area contributed by atoms with Crippen LogP contribution in [0.25, 0.3) is 0 Å². The Balaban J connectivity index is 1.95. The predicted octanol–water partition coefficient (Wildman–Crippen LogP) is 5.30. The molecule has 0 N–H and O–H groups in total. The molecule has 0 spiro atoms. The van der Waals surface area contributed by atoms with E-state index in [0.29, 0.717) is 5.02 Å². The largest absolute Gasteiger partial charge is 0.325 e. The molecule has 0 saturated carbocycles. The van der Waals surface area contributed by atoms with Gasteiger partial charge in [-0.25, -0.2) is 4.79 Å². The summed E-state index contributed by atoms with van der Waals surface area (Å²) in [5.74, 6) is 0. The van der Waals surface area contributed by atoms with Crippen molar-refractivity contribution in [2.24, 2.45) is 0 Å². The van der Waals surface area contributed by atoms with Crippen LogP contribution in [-0.2, 0) is 5.54 Å². The zero-order chi connectivity index (χ0) is 17.3. The number of carbonyl (C=O) groups is 1. The molecule has 126 valence electrons. The highest BCUT2D eigenvalue weighted by Crippen LogP contribution is 2.35. The molecule has 1 aliphatic heterocycles. The average Bonchev–Trinajstić information content (AvgIpc) is 2.55. The monoisotopic (exact) mass is 342 g/mol. The molecule has 1 aliphatic rings. The molecule has 3 nitrogen and oxygen atoms in total. The molecule has 4 heteroatoms. The second-order valence-electron chi connectivity index (χ2n) is 6.85. The minimum atomic E-state index is -0.421. The highest BCUT2D eigenvalue weighted by Gasteiger charge is 2.40. The van der Waals surface area contributed by atoms with Crippen molar-refractivity contribution < 1.29 is 4.79 Å². The number of amides is 2. The Morgan fingerprint density at radius 1 is 1.08 bits per heavy atom. The molecule has 2 amide bonds. The first kappa shape index (κ1) is 16.8. The Bertz CT molecular complexity index is 729. The number of rotatable bonds is 3. The maximum absolute atomic E-state index is 13.3. The van der Waals surface area contributed by atoms with Crippen LogP contribution in [0.2, 0.25) is 5.02 Å². The Hall–Kier alpha value is -2.00. The number of para-hydroxylation sites is 1. The van der Waals surface area contributed by atoms with E-state index in [4.69, 9.17) is 11.6 Å². The highest BCUT2D eigenvalue weighted by atomic mass is 35.5. The topological polar surface area (TPSA) is 23.6 Å². The second kappa shape index (κ2) is 6.48. The lowest BCUT2D eigenvalue weighted by Gasteiger charge is -2.47. The summed E-state index contributed by atoms with van der Waals surface area (Å²) in [5, 5.41) is 0.693. The maximum atomic E-state index is 13.3. The number of benzene rings is 2. The van der Waals surface area contributed by atoms with Crippen molar-refractivity contribution in [2.75, 3.05) is 11.4 Å². The fourth-order valence-electron chi connectivity index (χ4n) is 3.36. The van der Waals surface area contributed by atoms with Crippen LogP contribution in [-0.4, -0.2) is 23.5 Å². The van der Waals surface area contributed by atoms with E-state index >= 15 is 0 Å². The molecule has 0 aliphatic carbocycles. The van der Waals surface area contributed by atoms with Gasteiger partial charge in [0.05, 0.1) is 5.54 Å². The lowest BCUT2D eigenvalue weighted by Crippen LogP contribution is -2.59. The van der Waals surface area contributed by atoms with Crippen molar-refractivity contribution in [3.8, 4) is 0 Å². The fourth-order valence-corrected chi connectivity index (χ4v) is 3.55. The van der Waals surface area contributed by atoms with E-state index in [9.17, 15) is 4.79 Å². The number of urea groups is 1. The molecule has 1 saturated heterocycles. The van der Waals surface area contributed by atoms with E-state index < -0.39 is 5.54 Å². The summed E-state index contributed by atoms with van der Waals surface area (Å²) < 4.78 is 0. The van der Waals surface area contributed by atoms with Gasteiger partial charge in [0.2, 0.25) is 0 Å². The normalized spacial score (nSPS) is 18.8. The van der Waals surface area contributed by atoms with Gasteiger partial charge in [0.15, 0.2) is 0 Å². The molecule has 0 aromatic heterocycles. The van der Waals surface area contributed by atoms with Gasteiger partial charge in [0.1, 0.15) is 0 Å². The van der Waals surface area contributed by atoms with E-state index in [1.807, 2.05) is 64.4 Å². The number of nitrogens with zero attached hydrogens (tertiary/aromatic N) is 2. The zero-order valence-electron chi connectivity index (χ0n) is 14.4. The smallest absolute Gasteiger partial charge is 0.315 e. The van der Waals surface area contributed by atoms with E-state index in [-0.39, 0.29) is 12.1 Å². The Kier molecular flexibility index (Phi) is 4.55. The van der Waals surface area contributed by atoms with Crippen LogP contribution in [0.1, 0.15) is 32.8 Å². The Morgan fingerprint density at radius 3 is 2.46 bits per heavy atom. The van der Waals surface area contributed by atoms with Crippen LogP contribution < -0.4 is 4.90 Å². The minimum Gasteiger partial charge on any atom is -0.315 e. The summed E-state index contributed by atoms with van der Waals surface area (Å²) in [6.07, 6.45) is 0.935. The van der Waals surface area contributed by atoms with Gasteiger partial charge in [-0.15, -0.1) is 0 Å². The van der Waals surface area contributed by atoms with E-state index in [1.165, 1.54) is 0 Å². The first-order valence-electron chi connectivity index (χ1n) is 8.33. The molecule has 24 heavy (non-hydrogen) atoms. The van der Waals surface area contributed by atoms with Gasteiger partial charge < -0.3 is 4.90 Å². The second-order valence-corrected chi connectivity index (χ2v) is 7.28. The summed E-state index contributed by atoms with van der Waals surface area (Å²) in [6.45, 7) is 7.00. The number of hydrogen-bond donors (Lipinski definition) is 0.